The van der Waals surface area contributed by atoms with E-state index < -0.39 is 11.4 Å². The molecule has 0 radical (unpaired) electrons. The first-order valence-electron chi connectivity index (χ1n) is 13.5. The second-order valence-electron chi connectivity index (χ2n) is 12.1. The van der Waals surface area contributed by atoms with Crippen molar-refractivity contribution in [2.75, 3.05) is 13.2 Å². The summed E-state index contributed by atoms with van der Waals surface area (Å²) < 4.78 is 9.98. The number of hydrogen-bond acceptors (Lipinski definition) is 7. The highest BCUT2D eigenvalue weighted by molar-refractivity contribution is 5.93. The van der Waals surface area contributed by atoms with Gasteiger partial charge < -0.3 is 9.47 Å². The number of carbonyl (C=O) groups excluding carboxylic acids is 5. The highest BCUT2D eigenvalue weighted by Gasteiger charge is 2.66. The van der Waals surface area contributed by atoms with Gasteiger partial charge in [0.05, 0.1) is 0 Å². The zero-order valence-electron chi connectivity index (χ0n) is 21.9. The van der Waals surface area contributed by atoms with Crippen LogP contribution in [0.2, 0.25) is 0 Å². The molecule has 0 saturated heterocycles. The van der Waals surface area contributed by atoms with E-state index in [1.54, 1.807) is 0 Å². The van der Waals surface area contributed by atoms with E-state index in [1.807, 2.05) is 0 Å². The van der Waals surface area contributed by atoms with Crippen LogP contribution in [0.15, 0.2) is 12.7 Å². The van der Waals surface area contributed by atoms with E-state index in [-0.39, 0.29) is 83.9 Å². The third kappa shape index (κ3) is 4.58. The third-order valence-electron chi connectivity index (χ3n) is 10.5. The lowest BCUT2D eigenvalue weighted by atomic mass is 9.44. The molecule has 0 N–H and O–H groups in total. The fourth-order valence-electron chi connectivity index (χ4n) is 8.37. The number of hydrogen-bond donors (Lipinski definition) is 0. The molecule has 7 nitrogen and oxygen atoms in total. The summed E-state index contributed by atoms with van der Waals surface area (Å²) in [6.07, 6.45) is 6.38. The quantitative estimate of drug-likeness (QED) is 0.279. The average Bonchev–Trinajstić information content (AvgIpc) is 3.20. The van der Waals surface area contributed by atoms with Crippen molar-refractivity contribution < 1.29 is 33.4 Å². The maximum absolute atomic E-state index is 13.8. The molecule has 4 aliphatic carbocycles. The Morgan fingerprint density at radius 2 is 1.78 bits per heavy atom. The molecular formula is C29H40O7. The minimum absolute atomic E-state index is 0.00500. The summed E-state index contributed by atoms with van der Waals surface area (Å²) in [5.74, 6) is 0.213. The molecule has 7 heteroatoms. The fraction of sp³-hybridized carbons (Fsp3) is 0.759. The Balaban J connectivity index is 1.40. The van der Waals surface area contributed by atoms with Crippen LogP contribution in [0, 0.1) is 46.3 Å². The maximum atomic E-state index is 13.8. The van der Waals surface area contributed by atoms with Gasteiger partial charge in [0.15, 0.2) is 0 Å². The summed E-state index contributed by atoms with van der Waals surface area (Å²) >= 11 is 0. The van der Waals surface area contributed by atoms with Gasteiger partial charge in [0.1, 0.15) is 30.6 Å². The molecule has 8 atom stereocenters. The average molecular weight is 501 g/mol. The van der Waals surface area contributed by atoms with Crippen molar-refractivity contribution in [3.63, 3.8) is 0 Å². The molecule has 4 saturated carbocycles. The number of rotatable bonds is 8. The molecule has 0 aromatic rings. The van der Waals surface area contributed by atoms with Crippen LogP contribution in [0.5, 0.6) is 0 Å². The van der Waals surface area contributed by atoms with E-state index in [4.69, 9.17) is 9.47 Å². The minimum Gasteiger partial charge on any atom is -0.462 e. The van der Waals surface area contributed by atoms with E-state index in [0.29, 0.717) is 32.1 Å². The fourth-order valence-corrected chi connectivity index (χ4v) is 8.37. The van der Waals surface area contributed by atoms with Gasteiger partial charge in [0.2, 0.25) is 0 Å². The minimum atomic E-state index is -0.555. The second kappa shape index (κ2) is 10.2. The normalized spacial score (nSPS) is 38.4. The van der Waals surface area contributed by atoms with Crippen molar-refractivity contribution in [2.24, 2.45) is 46.3 Å². The van der Waals surface area contributed by atoms with E-state index in [2.05, 4.69) is 27.4 Å². The predicted octanol–water partition coefficient (Wildman–Crippen LogP) is 4.26. The lowest BCUT2D eigenvalue weighted by molar-refractivity contribution is -0.166. The zero-order valence-corrected chi connectivity index (χ0v) is 21.9. The Morgan fingerprint density at radius 3 is 2.50 bits per heavy atom. The van der Waals surface area contributed by atoms with Gasteiger partial charge in [-0.3, -0.25) is 19.2 Å². The van der Waals surface area contributed by atoms with E-state index in [1.165, 1.54) is 0 Å². The molecule has 198 valence electrons. The largest absolute Gasteiger partial charge is 0.462 e. The lowest BCUT2D eigenvalue weighted by Crippen LogP contribution is -2.60. The number of Topliss-reactive ketones (excluding diaryl/α,β-unsaturated/α-hetero) is 3. The molecule has 0 amide bonds. The van der Waals surface area contributed by atoms with Gasteiger partial charge in [-0.05, 0) is 60.7 Å². The van der Waals surface area contributed by atoms with Crippen LogP contribution in [-0.2, 0) is 33.4 Å². The molecule has 0 bridgehead atoms. The highest BCUT2D eigenvalue weighted by atomic mass is 16.6. The molecule has 4 rings (SSSR count). The molecule has 4 aliphatic rings. The molecule has 0 heterocycles. The van der Waals surface area contributed by atoms with Crippen molar-refractivity contribution in [1.82, 2.24) is 0 Å². The Bertz CT molecular complexity index is 953. The third-order valence-corrected chi connectivity index (χ3v) is 10.5. The van der Waals surface area contributed by atoms with Crippen molar-refractivity contribution in [2.45, 2.75) is 78.6 Å². The molecule has 36 heavy (non-hydrogen) atoms. The van der Waals surface area contributed by atoms with Crippen molar-refractivity contribution in [3.8, 4) is 0 Å². The Labute approximate surface area is 213 Å². The van der Waals surface area contributed by atoms with Crippen LogP contribution >= 0.6 is 0 Å². The first kappa shape index (κ1) is 26.7. The molecular weight excluding hydrogens is 460 g/mol. The number of carbonyl (C=O) groups is 5. The summed E-state index contributed by atoms with van der Waals surface area (Å²) in [5.41, 5.74) is -0.663. The predicted molar refractivity (Wildman–Crippen MR) is 132 cm³/mol. The van der Waals surface area contributed by atoms with Gasteiger partial charge in [-0.2, -0.15) is 0 Å². The van der Waals surface area contributed by atoms with Crippen molar-refractivity contribution in [3.05, 3.63) is 12.7 Å². The maximum Gasteiger partial charge on any atom is 0.330 e. The first-order valence-corrected chi connectivity index (χ1v) is 13.5. The van der Waals surface area contributed by atoms with Gasteiger partial charge in [0.25, 0.3) is 0 Å². The van der Waals surface area contributed by atoms with Gasteiger partial charge in [-0.15, -0.1) is 0 Å². The van der Waals surface area contributed by atoms with Crippen LogP contribution in [0.3, 0.4) is 0 Å². The molecule has 0 aromatic heterocycles. The van der Waals surface area contributed by atoms with Crippen LogP contribution < -0.4 is 0 Å². The molecule has 0 spiro atoms. The lowest BCUT2D eigenvalue weighted by Gasteiger charge is -2.58. The Kier molecular flexibility index (Phi) is 7.59. The summed E-state index contributed by atoms with van der Waals surface area (Å²) in [6.45, 7) is 9.71. The van der Waals surface area contributed by atoms with Gasteiger partial charge >= 0.3 is 11.9 Å². The highest BCUT2D eigenvalue weighted by Crippen LogP contribution is 2.66. The summed E-state index contributed by atoms with van der Waals surface area (Å²) in [4.78, 5) is 62.7. The van der Waals surface area contributed by atoms with Crippen LogP contribution in [0.25, 0.3) is 0 Å². The summed E-state index contributed by atoms with van der Waals surface area (Å²) in [5, 5.41) is 0. The van der Waals surface area contributed by atoms with Crippen molar-refractivity contribution >= 4 is 29.3 Å². The molecule has 0 aromatic carbocycles. The van der Waals surface area contributed by atoms with Gasteiger partial charge in [-0.1, -0.05) is 27.4 Å². The summed E-state index contributed by atoms with van der Waals surface area (Å²) in [6, 6.07) is 0. The molecule has 8 unspecified atom stereocenters. The van der Waals surface area contributed by atoms with E-state index >= 15 is 0 Å². The van der Waals surface area contributed by atoms with Crippen molar-refractivity contribution in [1.29, 1.82) is 0 Å². The number of ketones is 3. The molecule has 4 fully saturated rings. The first-order chi connectivity index (χ1) is 17.0. The van der Waals surface area contributed by atoms with Gasteiger partial charge in [0, 0.05) is 49.5 Å². The molecule has 0 aliphatic heterocycles. The monoisotopic (exact) mass is 500 g/mol. The Hall–Kier alpha value is -2.31. The Morgan fingerprint density at radius 1 is 1.06 bits per heavy atom. The van der Waals surface area contributed by atoms with Crippen LogP contribution in [-0.4, -0.2) is 42.5 Å². The summed E-state index contributed by atoms with van der Waals surface area (Å²) in [7, 11) is 0. The number of fused-ring (bicyclic) bond motifs is 5. The standard InChI is InChI=1S/C29H40O7/c1-5-25(33)35-12-13-36-26(34)9-6-17(2)20-7-8-21-27-22(16-24(32)29(20,21)4)28(3)11-10-19(30)14-18(28)15-23(27)31/h5,17-18,20-22,27H,1,6-16H2,2-4H3. The van der Waals surface area contributed by atoms with Crippen LogP contribution in [0.1, 0.15) is 78.6 Å². The zero-order chi connectivity index (χ0) is 26.3. The van der Waals surface area contributed by atoms with E-state index in [9.17, 15) is 24.0 Å². The SMILES string of the molecule is C=CC(=O)OCCOC(=O)CCC(C)C1CCC2C3C(=O)CC4CC(=O)CCC4(C)C3CC(=O)C12C. The topological polar surface area (TPSA) is 104 Å². The smallest absolute Gasteiger partial charge is 0.330 e. The number of esters is 2. The van der Waals surface area contributed by atoms with Gasteiger partial charge in [-0.25, -0.2) is 4.79 Å². The van der Waals surface area contributed by atoms with Crippen LogP contribution in [0.4, 0.5) is 0 Å². The van der Waals surface area contributed by atoms with E-state index in [0.717, 1.165) is 25.3 Å². The number of ether oxygens (including phenoxy) is 2. The second-order valence-corrected chi connectivity index (χ2v) is 12.1.